The van der Waals surface area contributed by atoms with E-state index < -0.39 is 24.9 Å². The summed E-state index contributed by atoms with van der Waals surface area (Å²) < 4.78 is 0. The third-order valence-corrected chi connectivity index (χ3v) is 4.10. The average molecular weight is 395 g/mol. The van der Waals surface area contributed by atoms with Crippen molar-refractivity contribution < 1.29 is 19.6 Å². The number of benzene rings is 1. The maximum Gasteiger partial charge on any atom is 0.475 e. The minimum Gasteiger partial charge on any atom is -0.426 e. The highest BCUT2D eigenvalue weighted by molar-refractivity contribution is 6.45. The van der Waals surface area contributed by atoms with Gasteiger partial charge in [-0.15, -0.1) is 0 Å². The van der Waals surface area contributed by atoms with Crippen LogP contribution < -0.4 is 10.6 Å². The van der Waals surface area contributed by atoms with Gasteiger partial charge in [0.1, 0.15) is 0 Å². The largest absolute Gasteiger partial charge is 0.475 e. The van der Waals surface area contributed by atoms with E-state index in [1.54, 1.807) is 0 Å². The molecule has 1 rings (SSSR count). The fraction of sp³-hybridized carbons (Fsp3) is 0.429. The zero-order chi connectivity index (χ0) is 18.4. The molecule has 0 fully saturated rings. The predicted molar refractivity (Wildman–Crippen MR) is 95.4 cm³/mol. The van der Waals surface area contributed by atoms with Crippen molar-refractivity contribution in [3.05, 3.63) is 32.8 Å². The summed E-state index contributed by atoms with van der Waals surface area (Å²) in [5, 5.41) is 23.8. The van der Waals surface area contributed by atoms with E-state index in [2.05, 4.69) is 10.6 Å². The van der Waals surface area contributed by atoms with Gasteiger partial charge in [-0.05, 0) is 24.5 Å². The Kier molecular flexibility index (Phi) is 8.32. The monoisotopic (exact) mass is 394 g/mol. The van der Waals surface area contributed by atoms with E-state index in [1.807, 2.05) is 13.8 Å². The lowest BCUT2D eigenvalue weighted by atomic mass is 9.75. The molecular formula is C14H18BCl3N2O4. The first-order valence-electron chi connectivity index (χ1n) is 7.20. The Morgan fingerprint density at radius 1 is 1.21 bits per heavy atom. The summed E-state index contributed by atoms with van der Waals surface area (Å²) in [6.45, 7) is 3.41. The molecule has 0 aliphatic rings. The Balaban J connectivity index is 2.65. The summed E-state index contributed by atoms with van der Waals surface area (Å²) in [5.74, 6) is -1.85. The van der Waals surface area contributed by atoms with E-state index in [4.69, 9.17) is 34.8 Å². The number of rotatable bonds is 7. The maximum atomic E-state index is 12.1. The molecule has 6 nitrogen and oxygen atoms in total. The number of hydrogen-bond donors (Lipinski definition) is 4. The van der Waals surface area contributed by atoms with Crippen LogP contribution in [0.3, 0.4) is 0 Å². The normalized spacial score (nSPS) is 12.0. The number of hydrogen-bond acceptors (Lipinski definition) is 4. The van der Waals surface area contributed by atoms with Crippen molar-refractivity contribution in [2.24, 2.45) is 5.92 Å². The van der Waals surface area contributed by atoms with E-state index >= 15 is 0 Å². The molecule has 0 saturated carbocycles. The molecule has 4 N–H and O–H groups in total. The molecule has 0 aliphatic carbocycles. The van der Waals surface area contributed by atoms with Gasteiger partial charge >= 0.3 is 7.12 Å². The Morgan fingerprint density at radius 3 is 2.38 bits per heavy atom. The fourth-order valence-electron chi connectivity index (χ4n) is 2.00. The molecule has 0 saturated heterocycles. The molecule has 1 aromatic rings. The van der Waals surface area contributed by atoms with Crippen molar-refractivity contribution in [1.82, 2.24) is 10.6 Å². The summed E-state index contributed by atoms with van der Waals surface area (Å²) >= 11 is 17.6. The van der Waals surface area contributed by atoms with Crippen molar-refractivity contribution in [3.63, 3.8) is 0 Å². The molecule has 1 aromatic carbocycles. The summed E-state index contributed by atoms with van der Waals surface area (Å²) in [7, 11) is -1.69. The van der Waals surface area contributed by atoms with Gasteiger partial charge in [-0.25, -0.2) is 0 Å². The molecule has 0 heterocycles. The van der Waals surface area contributed by atoms with Crippen molar-refractivity contribution in [2.75, 3.05) is 6.54 Å². The second-order valence-corrected chi connectivity index (χ2v) is 6.87. The highest BCUT2D eigenvalue weighted by atomic mass is 35.5. The third kappa shape index (κ3) is 6.49. The van der Waals surface area contributed by atoms with Crippen LogP contribution >= 0.6 is 34.8 Å². The van der Waals surface area contributed by atoms with Gasteiger partial charge in [0.2, 0.25) is 5.91 Å². The Hall–Kier alpha value is -0.985. The van der Waals surface area contributed by atoms with E-state index in [0.29, 0.717) is 6.42 Å². The molecule has 10 heteroatoms. The predicted octanol–water partition coefficient (Wildman–Crippen LogP) is 1.92. The first-order chi connectivity index (χ1) is 11.1. The Bertz CT molecular complexity index is 614. The number of carbonyl (C=O) groups is 2. The van der Waals surface area contributed by atoms with Gasteiger partial charge in [-0.2, -0.15) is 0 Å². The maximum absolute atomic E-state index is 12.1. The minimum atomic E-state index is -1.69. The van der Waals surface area contributed by atoms with Gasteiger partial charge in [0.25, 0.3) is 5.91 Å². The highest BCUT2D eigenvalue weighted by Gasteiger charge is 2.26. The summed E-state index contributed by atoms with van der Waals surface area (Å²) in [6.07, 6.45) is 0.382. The standard InChI is InChI=1S/C14H18BCl3N2O4/c1-7(2)3-11(15(23)24)20-12(21)6-19-14(22)9-4-8(16)5-10(17)13(9)18/h4-5,7,11,23-24H,3,6H2,1-2H3,(H,19,22)(H,20,21)/t11-/m0/s1. The van der Waals surface area contributed by atoms with Crippen molar-refractivity contribution in [3.8, 4) is 0 Å². The quantitative estimate of drug-likeness (QED) is 0.419. The van der Waals surface area contributed by atoms with Gasteiger partial charge in [0.05, 0.1) is 28.1 Å². The summed E-state index contributed by atoms with van der Waals surface area (Å²) in [6, 6.07) is 2.73. The highest BCUT2D eigenvalue weighted by Crippen LogP contribution is 2.29. The van der Waals surface area contributed by atoms with Crippen molar-refractivity contribution >= 4 is 53.7 Å². The number of halogens is 3. The molecule has 0 unspecified atom stereocenters. The lowest BCUT2D eigenvalue weighted by Crippen LogP contribution is -2.50. The van der Waals surface area contributed by atoms with Gasteiger partial charge in [-0.3, -0.25) is 9.59 Å². The lowest BCUT2D eigenvalue weighted by molar-refractivity contribution is -0.120. The van der Waals surface area contributed by atoms with Crippen LogP contribution in [0.1, 0.15) is 30.6 Å². The van der Waals surface area contributed by atoms with E-state index in [1.165, 1.54) is 12.1 Å². The topological polar surface area (TPSA) is 98.7 Å². The molecule has 0 aromatic heterocycles. The second kappa shape index (κ2) is 9.49. The van der Waals surface area contributed by atoms with Crippen LogP contribution in [0.2, 0.25) is 15.1 Å². The van der Waals surface area contributed by atoms with E-state index in [-0.39, 0.29) is 33.1 Å². The van der Waals surface area contributed by atoms with Crippen LogP contribution in [-0.2, 0) is 4.79 Å². The van der Waals surface area contributed by atoms with Crippen LogP contribution in [0.15, 0.2) is 12.1 Å². The van der Waals surface area contributed by atoms with E-state index in [0.717, 1.165) is 0 Å². The number of amides is 2. The lowest BCUT2D eigenvalue weighted by Gasteiger charge is -2.19. The molecule has 24 heavy (non-hydrogen) atoms. The van der Waals surface area contributed by atoms with Gasteiger partial charge in [-0.1, -0.05) is 48.7 Å². The first-order valence-corrected chi connectivity index (χ1v) is 8.33. The molecule has 0 aliphatic heterocycles. The molecule has 0 spiro atoms. The Morgan fingerprint density at radius 2 is 1.83 bits per heavy atom. The van der Waals surface area contributed by atoms with Crippen LogP contribution in [-0.4, -0.2) is 41.5 Å². The Labute approximate surface area is 155 Å². The fourth-order valence-corrected chi connectivity index (χ4v) is 2.69. The molecule has 0 radical (unpaired) electrons. The molecule has 1 atom stereocenters. The summed E-state index contributed by atoms with van der Waals surface area (Å²) in [5.41, 5.74) is 0.0443. The molecule has 2 amide bonds. The van der Waals surface area contributed by atoms with Crippen molar-refractivity contribution in [2.45, 2.75) is 26.2 Å². The van der Waals surface area contributed by atoms with Gasteiger partial charge in [0, 0.05) is 5.02 Å². The first kappa shape index (κ1) is 21.1. The SMILES string of the molecule is CC(C)C[C@H](NC(=O)CNC(=O)c1cc(Cl)cc(Cl)c1Cl)B(O)O. The van der Waals surface area contributed by atoms with Gasteiger partial charge in [0.15, 0.2) is 0 Å². The zero-order valence-corrected chi connectivity index (χ0v) is 15.4. The van der Waals surface area contributed by atoms with Crippen molar-refractivity contribution in [1.29, 1.82) is 0 Å². The number of carbonyl (C=O) groups excluding carboxylic acids is 2. The smallest absolute Gasteiger partial charge is 0.426 e. The average Bonchev–Trinajstić information content (AvgIpc) is 2.47. The van der Waals surface area contributed by atoms with Crippen LogP contribution in [0, 0.1) is 5.92 Å². The summed E-state index contributed by atoms with van der Waals surface area (Å²) in [4.78, 5) is 23.9. The molecular weight excluding hydrogens is 377 g/mol. The van der Waals surface area contributed by atoms with Crippen LogP contribution in [0.5, 0.6) is 0 Å². The number of nitrogens with one attached hydrogen (secondary N) is 2. The van der Waals surface area contributed by atoms with Gasteiger partial charge < -0.3 is 20.7 Å². The van der Waals surface area contributed by atoms with Crippen LogP contribution in [0.25, 0.3) is 0 Å². The second-order valence-electron chi connectivity index (χ2n) is 5.65. The minimum absolute atomic E-state index is 0.0300. The molecule has 0 bridgehead atoms. The third-order valence-electron chi connectivity index (χ3n) is 3.08. The van der Waals surface area contributed by atoms with E-state index in [9.17, 15) is 19.6 Å². The zero-order valence-electron chi connectivity index (χ0n) is 13.1. The van der Waals surface area contributed by atoms with Crippen LogP contribution in [0.4, 0.5) is 0 Å². The molecule has 132 valence electrons.